The number of halogens is 1. The van der Waals surface area contributed by atoms with Crippen molar-refractivity contribution in [3.63, 3.8) is 0 Å². The minimum Gasteiger partial charge on any atom is -0.369 e. The lowest BCUT2D eigenvalue weighted by atomic mass is 10.1. The number of aryl methyl sites for hydroxylation is 1. The van der Waals surface area contributed by atoms with Crippen LogP contribution in [0.3, 0.4) is 0 Å². The smallest absolute Gasteiger partial charge is 0.215 e. The Bertz CT molecular complexity index is 421. The van der Waals surface area contributed by atoms with Crippen LogP contribution in [-0.2, 0) is 0 Å². The molecule has 0 saturated carbocycles. The minimum atomic E-state index is -0.358. The molecule has 3 nitrogen and oxygen atoms in total. The molecule has 1 aromatic heterocycles. The maximum atomic E-state index is 13.2. The summed E-state index contributed by atoms with van der Waals surface area (Å²) in [7, 11) is 0. The second kappa shape index (κ2) is 4.26. The molecule has 0 radical (unpaired) electrons. The van der Waals surface area contributed by atoms with Crippen LogP contribution in [0.25, 0.3) is 0 Å². The highest BCUT2D eigenvalue weighted by Gasteiger charge is 2.29. The molecular weight excluding hydrogens is 217 g/mol. The molecule has 2 atom stereocenters. The lowest BCUT2D eigenvalue weighted by Gasteiger charge is -2.26. The fourth-order valence-corrected chi connectivity index (χ4v) is 2.89. The normalized spacial score (nSPS) is 28.2. The van der Waals surface area contributed by atoms with Crippen LogP contribution in [-0.4, -0.2) is 30.2 Å². The number of pyridine rings is 1. The first-order valence-corrected chi connectivity index (χ1v) is 6.35. The Hall–Kier alpha value is -1.16. The number of aromatic nitrogens is 1. The van der Waals surface area contributed by atoms with Crippen molar-refractivity contribution in [2.75, 3.05) is 18.0 Å². The van der Waals surface area contributed by atoms with Crippen LogP contribution in [0.2, 0.25) is 0 Å². The second-order valence-electron chi connectivity index (χ2n) is 5.17. The SMILES string of the molecule is Cc1cc(N2CC[C@H]3CC[C@@H](C2)N3)cnc1F. The van der Waals surface area contributed by atoms with Crippen molar-refractivity contribution < 1.29 is 4.39 Å². The van der Waals surface area contributed by atoms with E-state index in [2.05, 4.69) is 15.2 Å². The Morgan fingerprint density at radius 3 is 3.00 bits per heavy atom. The lowest BCUT2D eigenvalue weighted by Crippen LogP contribution is -2.35. The van der Waals surface area contributed by atoms with Crippen LogP contribution in [0.15, 0.2) is 12.3 Å². The van der Waals surface area contributed by atoms with Crippen molar-refractivity contribution >= 4 is 5.69 Å². The number of hydrogen-bond acceptors (Lipinski definition) is 3. The molecule has 4 heteroatoms. The van der Waals surface area contributed by atoms with Crippen LogP contribution in [0.5, 0.6) is 0 Å². The zero-order chi connectivity index (χ0) is 11.8. The van der Waals surface area contributed by atoms with Crippen LogP contribution in [0, 0.1) is 12.9 Å². The summed E-state index contributed by atoms with van der Waals surface area (Å²) in [5.41, 5.74) is 1.68. The summed E-state index contributed by atoms with van der Waals surface area (Å²) in [6, 6.07) is 3.17. The van der Waals surface area contributed by atoms with Gasteiger partial charge < -0.3 is 10.2 Å². The summed E-state index contributed by atoms with van der Waals surface area (Å²) in [6.45, 7) is 3.83. The molecule has 1 aromatic rings. The van der Waals surface area contributed by atoms with Gasteiger partial charge in [0, 0.05) is 30.7 Å². The first-order chi connectivity index (χ1) is 8.22. The van der Waals surface area contributed by atoms with Gasteiger partial charge in [-0.3, -0.25) is 0 Å². The lowest BCUT2D eigenvalue weighted by molar-refractivity contribution is 0.563. The van der Waals surface area contributed by atoms with E-state index in [0.29, 0.717) is 17.6 Å². The van der Waals surface area contributed by atoms with Gasteiger partial charge in [-0.1, -0.05) is 0 Å². The van der Waals surface area contributed by atoms with E-state index in [1.807, 2.05) is 6.07 Å². The van der Waals surface area contributed by atoms with Crippen molar-refractivity contribution in [3.8, 4) is 0 Å². The summed E-state index contributed by atoms with van der Waals surface area (Å²) < 4.78 is 13.2. The third-order valence-corrected chi connectivity index (χ3v) is 3.89. The van der Waals surface area contributed by atoms with Gasteiger partial charge in [0.1, 0.15) is 0 Å². The van der Waals surface area contributed by atoms with Gasteiger partial charge in [-0.2, -0.15) is 4.39 Å². The van der Waals surface area contributed by atoms with Gasteiger partial charge >= 0.3 is 0 Å². The van der Waals surface area contributed by atoms with Gasteiger partial charge in [-0.15, -0.1) is 0 Å². The molecule has 0 aromatic carbocycles. The fourth-order valence-electron chi connectivity index (χ4n) is 2.89. The number of anilines is 1. The van der Waals surface area contributed by atoms with Gasteiger partial charge in [0.05, 0.1) is 11.9 Å². The molecule has 2 fully saturated rings. The molecule has 2 aliphatic rings. The van der Waals surface area contributed by atoms with E-state index in [1.54, 1.807) is 13.1 Å². The Balaban J connectivity index is 1.81. The van der Waals surface area contributed by atoms with E-state index < -0.39 is 0 Å². The van der Waals surface area contributed by atoms with Crippen LogP contribution >= 0.6 is 0 Å². The average molecular weight is 235 g/mol. The molecule has 0 aliphatic carbocycles. The quantitative estimate of drug-likeness (QED) is 0.753. The molecule has 1 N–H and O–H groups in total. The number of hydrogen-bond donors (Lipinski definition) is 1. The zero-order valence-electron chi connectivity index (χ0n) is 10.1. The van der Waals surface area contributed by atoms with E-state index in [0.717, 1.165) is 18.8 Å². The van der Waals surface area contributed by atoms with E-state index in [4.69, 9.17) is 0 Å². The molecule has 3 heterocycles. The number of rotatable bonds is 1. The van der Waals surface area contributed by atoms with Gasteiger partial charge in [0.15, 0.2) is 0 Å². The standard InChI is InChI=1S/C13H18FN3/c1-9-6-12(7-15-13(9)14)17-5-4-10-2-3-11(8-17)16-10/h6-7,10-11,16H,2-5,8H2,1H3/t10-,11+/m1/s1. The minimum absolute atomic E-state index is 0.358. The van der Waals surface area contributed by atoms with Crippen LogP contribution in [0.1, 0.15) is 24.8 Å². The van der Waals surface area contributed by atoms with Crippen molar-refractivity contribution in [3.05, 3.63) is 23.8 Å². The van der Waals surface area contributed by atoms with Crippen molar-refractivity contribution in [2.45, 2.75) is 38.3 Å². The highest BCUT2D eigenvalue weighted by molar-refractivity contribution is 5.46. The topological polar surface area (TPSA) is 28.2 Å². The molecule has 3 rings (SSSR count). The third kappa shape index (κ3) is 2.14. The first-order valence-electron chi connectivity index (χ1n) is 6.35. The highest BCUT2D eigenvalue weighted by Crippen LogP contribution is 2.25. The zero-order valence-corrected chi connectivity index (χ0v) is 10.1. The van der Waals surface area contributed by atoms with E-state index in [-0.39, 0.29) is 5.95 Å². The summed E-state index contributed by atoms with van der Waals surface area (Å²) in [5, 5.41) is 3.64. The Morgan fingerprint density at radius 1 is 1.35 bits per heavy atom. The van der Waals surface area contributed by atoms with Crippen molar-refractivity contribution in [1.82, 2.24) is 10.3 Å². The Labute approximate surface area is 101 Å². The van der Waals surface area contributed by atoms with E-state index in [1.165, 1.54) is 19.3 Å². The maximum Gasteiger partial charge on any atom is 0.215 e. The summed E-state index contributed by atoms with van der Waals surface area (Å²) in [5.74, 6) is -0.358. The summed E-state index contributed by atoms with van der Waals surface area (Å²) in [4.78, 5) is 6.15. The Morgan fingerprint density at radius 2 is 2.18 bits per heavy atom. The molecule has 0 spiro atoms. The number of nitrogens with one attached hydrogen (secondary N) is 1. The second-order valence-corrected chi connectivity index (χ2v) is 5.17. The van der Waals surface area contributed by atoms with Crippen LogP contribution in [0.4, 0.5) is 10.1 Å². The molecule has 17 heavy (non-hydrogen) atoms. The molecule has 2 bridgehead atoms. The summed E-state index contributed by atoms with van der Waals surface area (Å²) >= 11 is 0. The monoisotopic (exact) mass is 235 g/mol. The average Bonchev–Trinajstić information content (AvgIpc) is 2.63. The van der Waals surface area contributed by atoms with Crippen molar-refractivity contribution in [1.29, 1.82) is 0 Å². The fraction of sp³-hybridized carbons (Fsp3) is 0.615. The van der Waals surface area contributed by atoms with Gasteiger partial charge in [-0.05, 0) is 32.3 Å². The van der Waals surface area contributed by atoms with Gasteiger partial charge in [0.25, 0.3) is 0 Å². The highest BCUT2D eigenvalue weighted by atomic mass is 19.1. The van der Waals surface area contributed by atoms with Gasteiger partial charge in [0.2, 0.25) is 5.95 Å². The van der Waals surface area contributed by atoms with E-state index in [9.17, 15) is 4.39 Å². The Kier molecular flexibility index (Phi) is 2.74. The largest absolute Gasteiger partial charge is 0.369 e. The molecule has 2 aliphatic heterocycles. The first kappa shape index (κ1) is 11.0. The summed E-state index contributed by atoms with van der Waals surface area (Å²) in [6.07, 6.45) is 5.39. The maximum absolute atomic E-state index is 13.2. The predicted molar refractivity (Wildman–Crippen MR) is 65.7 cm³/mol. The number of fused-ring (bicyclic) bond motifs is 2. The molecule has 0 unspecified atom stereocenters. The molecule has 0 amide bonds. The van der Waals surface area contributed by atoms with Gasteiger partial charge in [-0.25, -0.2) is 4.98 Å². The number of nitrogens with zero attached hydrogens (tertiary/aromatic N) is 2. The molecular formula is C13H18FN3. The third-order valence-electron chi connectivity index (χ3n) is 3.89. The molecule has 92 valence electrons. The van der Waals surface area contributed by atoms with E-state index >= 15 is 0 Å². The molecule has 2 saturated heterocycles. The van der Waals surface area contributed by atoms with Crippen molar-refractivity contribution in [2.24, 2.45) is 0 Å². The predicted octanol–water partition coefficient (Wildman–Crippen LogP) is 1.86. The van der Waals surface area contributed by atoms with Crippen LogP contribution < -0.4 is 10.2 Å².